The van der Waals surface area contributed by atoms with E-state index in [-0.39, 0.29) is 5.91 Å². The first-order chi connectivity index (χ1) is 13.2. The minimum absolute atomic E-state index is 0.281. The average Bonchev–Trinajstić information content (AvgIpc) is 3.16. The van der Waals surface area contributed by atoms with Crippen molar-refractivity contribution >= 4 is 11.6 Å². The summed E-state index contributed by atoms with van der Waals surface area (Å²) in [6.07, 6.45) is 1.68. The van der Waals surface area contributed by atoms with Gasteiger partial charge in [0.1, 0.15) is 11.4 Å². The number of benzene rings is 2. The molecule has 0 aliphatic heterocycles. The molecule has 4 rings (SSSR count). The Balaban J connectivity index is 1.54. The zero-order chi connectivity index (χ0) is 18.8. The smallest absolute Gasteiger partial charge is 0.289 e. The number of nitrogens with zero attached hydrogens (tertiary/aromatic N) is 2. The molecule has 0 unspecified atom stereocenters. The molecule has 6 nitrogen and oxygen atoms in total. The van der Waals surface area contributed by atoms with E-state index in [1.54, 1.807) is 7.11 Å². The van der Waals surface area contributed by atoms with E-state index in [1.807, 2.05) is 49.4 Å². The number of nitrogens with one attached hydrogen (secondary N) is 2. The quantitative estimate of drug-likeness (QED) is 0.553. The van der Waals surface area contributed by atoms with E-state index in [9.17, 15) is 4.79 Å². The van der Waals surface area contributed by atoms with Gasteiger partial charge in [-0.15, -0.1) is 0 Å². The van der Waals surface area contributed by atoms with Gasteiger partial charge in [-0.2, -0.15) is 10.2 Å². The van der Waals surface area contributed by atoms with Crippen molar-refractivity contribution in [2.45, 2.75) is 19.8 Å². The third kappa shape index (κ3) is 3.21. The summed E-state index contributed by atoms with van der Waals surface area (Å²) in [5, 5.41) is 11.5. The highest BCUT2D eigenvalue weighted by Gasteiger charge is 2.24. The lowest BCUT2D eigenvalue weighted by atomic mass is 9.89. The minimum Gasteiger partial charge on any atom is -0.497 e. The van der Waals surface area contributed by atoms with Crippen molar-refractivity contribution in [3.63, 3.8) is 0 Å². The molecular formula is C21H20N4O2. The lowest BCUT2D eigenvalue weighted by Gasteiger charge is -2.15. The number of aryl methyl sites for hydroxylation is 1. The van der Waals surface area contributed by atoms with Crippen molar-refractivity contribution in [1.29, 1.82) is 0 Å². The lowest BCUT2D eigenvalue weighted by molar-refractivity contribution is 0.0949. The van der Waals surface area contributed by atoms with Gasteiger partial charge in [-0.1, -0.05) is 24.3 Å². The van der Waals surface area contributed by atoms with E-state index in [2.05, 4.69) is 26.8 Å². The zero-order valence-electron chi connectivity index (χ0n) is 15.2. The van der Waals surface area contributed by atoms with E-state index in [0.29, 0.717) is 11.4 Å². The second kappa shape index (κ2) is 7.07. The van der Waals surface area contributed by atoms with Crippen LogP contribution in [0.4, 0.5) is 0 Å². The van der Waals surface area contributed by atoms with Gasteiger partial charge < -0.3 is 4.74 Å². The van der Waals surface area contributed by atoms with E-state index in [0.717, 1.165) is 41.0 Å². The molecule has 2 aromatic carbocycles. The second-order valence-electron chi connectivity index (χ2n) is 6.45. The highest BCUT2D eigenvalue weighted by Crippen LogP contribution is 2.33. The third-order valence-corrected chi connectivity index (χ3v) is 4.84. The van der Waals surface area contributed by atoms with Crippen LogP contribution in [0.3, 0.4) is 0 Å². The minimum atomic E-state index is -0.281. The Labute approximate surface area is 157 Å². The largest absolute Gasteiger partial charge is 0.497 e. The molecule has 0 atom stereocenters. The molecule has 0 bridgehead atoms. The summed E-state index contributed by atoms with van der Waals surface area (Å²) in [5.74, 6) is 0.496. The molecule has 0 radical (unpaired) electrons. The summed E-state index contributed by atoms with van der Waals surface area (Å²) in [5.41, 5.74) is 8.89. The fourth-order valence-electron chi connectivity index (χ4n) is 3.34. The van der Waals surface area contributed by atoms with Crippen LogP contribution in [0, 0.1) is 0 Å². The average molecular weight is 360 g/mol. The SMILES string of the molecule is COc1ccc(/C(C)=N\NC(=O)c2[nH]nc3c2CCc2ccccc2-3)cc1. The van der Waals surface area contributed by atoms with Gasteiger partial charge in [0.15, 0.2) is 0 Å². The van der Waals surface area contributed by atoms with Crippen molar-refractivity contribution in [3.8, 4) is 17.0 Å². The van der Waals surface area contributed by atoms with Gasteiger partial charge in [0.25, 0.3) is 5.91 Å². The van der Waals surface area contributed by atoms with E-state index >= 15 is 0 Å². The van der Waals surface area contributed by atoms with Crippen molar-refractivity contribution in [1.82, 2.24) is 15.6 Å². The van der Waals surface area contributed by atoms with Gasteiger partial charge in [-0.05, 0) is 55.2 Å². The molecule has 3 aromatic rings. The van der Waals surface area contributed by atoms with Crippen molar-refractivity contribution in [2.75, 3.05) is 7.11 Å². The summed E-state index contributed by atoms with van der Waals surface area (Å²) in [7, 11) is 1.62. The van der Waals surface area contributed by atoms with Crippen LogP contribution in [-0.2, 0) is 12.8 Å². The van der Waals surface area contributed by atoms with Crippen LogP contribution < -0.4 is 10.2 Å². The number of aromatic amines is 1. The molecule has 0 saturated heterocycles. The summed E-state index contributed by atoms with van der Waals surface area (Å²) >= 11 is 0. The Morgan fingerprint density at radius 2 is 1.93 bits per heavy atom. The number of aromatic nitrogens is 2. The number of H-pyrrole nitrogens is 1. The van der Waals surface area contributed by atoms with Crippen LogP contribution in [-0.4, -0.2) is 28.9 Å². The standard InChI is InChI=1S/C21H20N4O2/c1-13(14-7-10-16(27-2)11-8-14)22-25-21(26)20-18-12-9-15-5-3-4-6-17(15)19(18)23-24-20/h3-8,10-11H,9,12H2,1-2H3,(H,23,24)(H,25,26)/b22-13-. The fourth-order valence-corrected chi connectivity index (χ4v) is 3.34. The van der Waals surface area contributed by atoms with Crippen molar-refractivity contribution in [2.24, 2.45) is 5.10 Å². The monoisotopic (exact) mass is 360 g/mol. The van der Waals surface area contributed by atoms with Crippen LogP contribution in [0.1, 0.15) is 34.1 Å². The van der Waals surface area contributed by atoms with Crippen molar-refractivity contribution in [3.05, 3.63) is 70.9 Å². The van der Waals surface area contributed by atoms with Crippen LogP contribution in [0.5, 0.6) is 5.75 Å². The van der Waals surface area contributed by atoms with Gasteiger partial charge in [-0.25, -0.2) is 5.43 Å². The highest BCUT2D eigenvalue weighted by molar-refractivity contribution is 6.01. The number of methoxy groups -OCH3 is 1. The lowest BCUT2D eigenvalue weighted by Crippen LogP contribution is -2.21. The molecule has 1 amide bonds. The predicted molar refractivity (Wildman–Crippen MR) is 104 cm³/mol. The Hall–Kier alpha value is -3.41. The molecule has 1 aliphatic carbocycles. The van der Waals surface area contributed by atoms with Crippen LogP contribution in [0.15, 0.2) is 53.6 Å². The Bertz CT molecular complexity index is 1020. The molecule has 27 heavy (non-hydrogen) atoms. The molecule has 6 heteroatoms. The second-order valence-corrected chi connectivity index (χ2v) is 6.45. The molecule has 0 spiro atoms. The molecule has 136 valence electrons. The number of ether oxygens (including phenoxy) is 1. The highest BCUT2D eigenvalue weighted by atomic mass is 16.5. The number of amides is 1. The van der Waals surface area contributed by atoms with Crippen LogP contribution in [0.25, 0.3) is 11.3 Å². The fraction of sp³-hybridized carbons (Fsp3) is 0.190. The number of fused-ring (bicyclic) bond motifs is 3. The summed E-state index contributed by atoms with van der Waals surface area (Å²) in [4.78, 5) is 12.6. The first kappa shape index (κ1) is 17.0. The molecule has 1 aliphatic rings. The van der Waals surface area contributed by atoms with Gasteiger partial charge in [0.05, 0.1) is 18.5 Å². The predicted octanol–water partition coefficient (Wildman–Crippen LogP) is 3.34. The molecule has 1 heterocycles. The van der Waals surface area contributed by atoms with E-state index in [4.69, 9.17) is 4.74 Å². The molecule has 0 saturated carbocycles. The Kier molecular flexibility index (Phi) is 4.46. The van der Waals surface area contributed by atoms with Crippen LogP contribution in [0.2, 0.25) is 0 Å². The number of rotatable bonds is 4. The summed E-state index contributed by atoms with van der Waals surface area (Å²) in [6.45, 7) is 1.85. The number of hydrogen-bond acceptors (Lipinski definition) is 4. The maximum absolute atomic E-state index is 12.6. The maximum Gasteiger partial charge on any atom is 0.289 e. The number of carbonyl (C=O) groups is 1. The maximum atomic E-state index is 12.6. The van der Waals surface area contributed by atoms with Gasteiger partial charge in [0, 0.05) is 11.1 Å². The molecule has 0 fully saturated rings. The topological polar surface area (TPSA) is 79.4 Å². The third-order valence-electron chi connectivity index (χ3n) is 4.84. The molecular weight excluding hydrogens is 340 g/mol. The Morgan fingerprint density at radius 3 is 2.70 bits per heavy atom. The van der Waals surface area contributed by atoms with Gasteiger partial charge in [-0.3, -0.25) is 9.89 Å². The zero-order valence-corrected chi connectivity index (χ0v) is 15.2. The number of hydrazone groups is 1. The van der Waals surface area contributed by atoms with Gasteiger partial charge in [0.2, 0.25) is 0 Å². The van der Waals surface area contributed by atoms with E-state index < -0.39 is 0 Å². The molecule has 1 aromatic heterocycles. The summed E-state index contributed by atoms with van der Waals surface area (Å²) < 4.78 is 5.15. The van der Waals surface area contributed by atoms with E-state index in [1.165, 1.54) is 5.56 Å². The molecule has 2 N–H and O–H groups in total. The van der Waals surface area contributed by atoms with Gasteiger partial charge >= 0.3 is 0 Å². The number of carbonyl (C=O) groups excluding carboxylic acids is 1. The Morgan fingerprint density at radius 1 is 1.15 bits per heavy atom. The van der Waals surface area contributed by atoms with Crippen LogP contribution >= 0.6 is 0 Å². The van der Waals surface area contributed by atoms with Crippen molar-refractivity contribution < 1.29 is 9.53 Å². The first-order valence-corrected chi connectivity index (χ1v) is 8.82. The first-order valence-electron chi connectivity index (χ1n) is 8.82. The summed E-state index contributed by atoms with van der Waals surface area (Å²) in [6, 6.07) is 15.7. The normalized spacial score (nSPS) is 12.9. The number of hydrogen-bond donors (Lipinski definition) is 2.